The van der Waals surface area contributed by atoms with Gasteiger partial charge in [-0.15, -0.1) is 0 Å². The van der Waals surface area contributed by atoms with E-state index in [0.717, 1.165) is 11.3 Å². The molecule has 2 aromatic rings. The van der Waals surface area contributed by atoms with E-state index in [1.54, 1.807) is 13.2 Å². The van der Waals surface area contributed by atoms with Crippen molar-refractivity contribution in [1.29, 1.82) is 0 Å². The van der Waals surface area contributed by atoms with Gasteiger partial charge in [-0.1, -0.05) is 17.7 Å². The number of methoxy groups -OCH3 is 1. The second-order valence-electron chi connectivity index (χ2n) is 4.41. The Bertz CT molecular complexity index is 679. The molecule has 0 atom stereocenters. The number of rotatable bonds is 3. The van der Waals surface area contributed by atoms with Crippen LogP contribution in [0.4, 0.5) is 15.8 Å². The first kappa shape index (κ1) is 15.5. The largest absolute Gasteiger partial charge is 0.495 e. The van der Waals surface area contributed by atoms with Gasteiger partial charge in [-0.25, -0.2) is 4.39 Å². The van der Waals surface area contributed by atoms with Crippen molar-refractivity contribution in [3.05, 3.63) is 52.8 Å². The molecular weight excluding hydrogens is 311 g/mol. The zero-order chi connectivity index (χ0) is 15.4. The van der Waals surface area contributed by atoms with Gasteiger partial charge in [-0.05, 0) is 55.0 Å². The van der Waals surface area contributed by atoms with Crippen LogP contribution in [0.3, 0.4) is 0 Å². The molecule has 0 bridgehead atoms. The van der Waals surface area contributed by atoms with E-state index in [0.29, 0.717) is 16.5 Å². The first-order chi connectivity index (χ1) is 9.99. The predicted molar refractivity (Wildman–Crippen MR) is 89.0 cm³/mol. The third-order valence-electron chi connectivity index (χ3n) is 2.78. The molecule has 0 unspecified atom stereocenters. The SMILES string of the molecule is COc1ccc(C)cc1NC(=S)Nc1ccc(F)c(Cl)c1. The van der Waals surface area contributed by atoms with Crippen LogP contribution in [-0.4, -0.2) is 12.2 Å². The minimum absolute atomic E-state index is 0.0379. The van der Waals surface area contributed by atoms with Crippen molar-refractivity contribution in [2.45, 2.75) is 6.92 Å². The molecule has 2 rings (SSSR count). The highest BCUT2D eigenvalue weighted by Gasteiger charge is 2.07. The molecule has 2 N–H and O–H groups in total. The maximum absolute atomic E-state index is 13.1. The van der Waals surface area contributed by atoms with Gasteiger partial charge in [0.15, 0.2) is 5.11 Å². The first-order valence-electron chi connectivity index (χ1n) is 6.17. The van der Waals surface area contributed by atoms with Gasteiger partial charge in [0.05, 0.1) is 17.8 Å². The molecule has 6 heteroatoms. The standard InChI is InChI=1S/C15H14ClFN2OS/c1-9-3-6-14(20-2)13(7-9)19-15(21)18-10-4-5-12(17)11(16)8-10/h3-8H,1-2H3,(H2,18,19,21). The van der Waals surface area contributed by atoms with E-state index in [9.17, 15) is 4.39 Å². The first-order valence-corrected chi connectivity index (χ1v) is 6.96. The Hall–Kier alpha value is -1.85. The van der Waals surface area contributed by atoms with Gasteiger partial charge in [0, 0.05) is 5.69 Å². The van der Waals surface area contributed by atoms with Crippen LogP contribution in [0.1, 0.15) is 5.56 Å². The van der Waals surface area contributed by atoms with Crippen molar-refractivity contribution < 1.29 is 9.13 Å². The van der Waals surface area contributed by atoms with Crippen LogP contribution in [0, 0.1) is 12.7 Å². The summed E-state index contributed by atoms with van der Waals surface area (Å²) < 4.78 is 18.4. The maximum atomic E-state index is 13.1. The molecule has 0 fully saturated rings. The van der Waals surface area contributed by atoms with E-state index in [4.69, 9.17) is 28.6 Å². The molecule has 0 saturated carbocycles. The third-order valence-corrected chi connectivity index (χ3v) is 3.27. The van der Waals surface area contributed by atoms with Gasteiger partial charge < -0.3 is 15.4 Å². The fraction of sp³-hybridized carbons (Fsp3) is 0.133. The fourth-order valence-corrected chi connectivity index (χ4v) is 2.19. The van der Waals surface area contributed by atoms with E-state index in [1.807, 2.05) is 25.1 Å². The number of benzene rings is 2. The summed E-state index contributed by atoms with van der Waals surface area (Å²) in [5.41, 5.74) is 2.43. The lowest BCUT2D eigenvalue weighted by Crippen LogP contribution is -2.19. The van der Waals surface area contributed by atoms with Crippen molar-refractivity contribution in [2.75, 3.05) is 17.7 Å². The Morgan fingerprint density at radius 2 is 1.95 bits per heavy atom. The summed E-state index contributed by atoms with van der Waals surface area (Å²) in [6.07, 6.45) is 0. The lowest BCUT2D eigenvalue weighted by atomic mass is 10.2. The normalized spacial score (nSPS) is 10.1. The second kappa shape index (κ2) is 6.74. The van der Waals surface area contributed by atoms with Crippen LogP contribution in [0.15, 0.2) is 36.4 Å². The highest BCUT2D eigenvalue weighted by atomic mass is 35.5. The van der Waals surface area contributed by atoms with E-state index >= 15 is 0 Å². The van der Waals surface area contributed by atoms with E-state index in [1.165, 1.54) is 12.1 Å². The molecule has 0 amide bonds. The smallest absolute Gasteiger partial charge is 0.175 e. The van der Waals surface area contributed by atoms with Crippen LogP contribution >= 0.6 is 23.8 Å². The number of hydrogen-bond acceptors (Lipinski definition) is 2. The summed E-state index contributed by atoms with van der Waals surface area (Å²) in [6, 6.07) is 10.0. The van der Waals surface area contributed by atoms with Gasteiger partial charge in [0.2, 0.25) is 0 Å². The maximum Gasteiger partial charge on any atom is 0.175 e. The lowest BCUT2D eigenvalue weighted by Gasteiger charge is -2.14. The molecule has 3 nitrogen and oxygen atoms in total. The number of hydrogen-bond donors (Lipinski definition) is 2. The zero-order valence-corrected chi connectivity index (χ0v) is 13.1. The molecular formula is C15H14ClFN2OS. The summed E-state index contributed by atoms with van der Waals surface area (Å²) in [4.78, 5) is 0. The van der Waals surface area contributed by atoms with Crippen LogP contribution in [-0.2, 0) is 0 Å². The molecule has 2 aromatic carbocycles. The second-order valence-corrected chi connectivity index (χ2v) is 5.23. The summed E-state index contributed by atoms with van der Waals surface area (Å²) in [6.45, 7) is 1.97. The molecule has 0 aliphatic carbocycles. The highest BCUT2D eigenvalue weighted by Crippen LogP contribution is 2.25. The summed E-state index contributed by atoms with van der Waals surface area (Å²) >= 11 is 11.0. The van der Waals surface area contributed by atoms with E-state index in [-0.39, 0.29) is 5.02 Å². The molecule has 110 valence electrons. The van der Waals surface area contributed by atoms with Crippen molar-refractivity contribution >= 4 is 40.3 Å². The number of ether oxygens (including phenoxy) is 1. The number of anilines is 2. The van der Waals surface area contributed by atoms with Crippen LogP contribution < -0.4 is 15.4 Å². The number of halogens is 2. The molecule has 21 heavy (non-hydrogen) atoms. The molecule has 0 heterocycles. The number of nitrogens with one attached hydrogen (secondary N) is 2. The summed E-state index contributed by atoms with van der Waals surface area (Å²) in [5, 5.41) is 6.39. The van der Waals surface area contributed by atoms with Gasteiger partial charge in [0.25, 0.3) is 0 Å². The lowest BCUT2D eigenvalue weighted by molar-refractivity contribution is 0.417. The van der Waals surface area contributed by atoms with Crippen LogP contribution in [0.25, 0.3) is 0 Å². The Morgan fingerprint density at radius 3 is 2.62 bits per heavy atom. The van der Waals surface area contributed by atoms with Crippen molar-refractivity contribution in [1.82, 2.24) is 0 Å². The van der Waals surface area contributed by atoms with Crippen molar-refractivity contribution in [3.8, 4) is 5.75 Å². The molecule has 0 spiro atoms. The predicted octanol–water partition coefficient (Wildman–Crippen LogP) is 4.61. The Labute approximate surface area is 133 Å². The van der Waals surface area contributed by atoms with E-state index in [2.05, 4.69) is 10.6 Å². The average molecular weight is 325 g/mol. The fourth-order valence-electron chi connectivity index (χ4n) is 1.78. The minimum Gasteiger partial charge on any atom is -0.495 e. The highest BCUT2D eigenvalue weighted by molar-refractivity contribution is 7.80. The van der Waals surface area contributed by atoms with Gasteiger partial charge in [0.1, 0.15) is 11.6 Å². The zero-order valence-electron chi connectivity index (χ0n) is 11.5. The molecule has 0 aliphatic rings. The van der Waals surface area contributed by atoms with Crippen molar-refractivity contribution in [3.63, 3.8) is 0 Å². The Morgan fingerprint density at radius 1 is 1.19 bits per heavy atom. The van der Waals surface area contributed by atoms with Gasteiger partial charge >= 0.3 is 0 Å². The molecule has 0 aromatic heterocycles. The quantitative estimate of drug-likeness (QED) is 0.808. The molecule has 0 radical (unpaired) electrons. The number of thiocarbonyl (C=S) groups is 1. The van der Waals surface area contributed by atoms with Gasteiger partial charge in [-0.2, -0.15) is 0 Å². The average Bonchev–Trinajstić information content (AvgIpc) is 2.43. The summed E-state index contributed by atoms with van der Waals surface area (Å²) in [5.74, 6) is 0.211. The topological polar surface area (TPSA) is 33.3 Å². The monoisotopic (exact) mass is 324 g/mol. The van der Waals surface area contributed by atoms with E-state index < -0.39 is 5.82 Å². The van der Waals surface area contributed by atoms with Crippen LogP contribution in [0.2, 0.25) is 5.02 Å². The Kier molecular flexibility index (Phi) is 4.98. The third kappa shape index (κ3) is 4.06. The molecule has 0 saturated heterocycles. The minimum atomic E-state index is -0.471. The van der Waals surface area contributed by atoms with Gasteiger partial charge in [-0.3, -0.25) is 0 Å². The van der Waals surface area contributed by atoms with Crippen molar-refractivity contribution in [2.24, 2.45) is 0 Å². The number of aryl methyl sites for hydroxylation is 1. The molecule has 0 aliphatic heterocycles. The Balaban J connectivity index is 2.11. The summed E-state index contributed by atoms with van der Waals surface area (Å²) in [7, 11) is 1.59. The van der Waals surface area contributed by atoms with Crippen LogP contribution in [0.5, 0.6) is 5.75 Å².